The average molecular weight is 297 g/mol. The van der Waals surface area contributed by atoms with Crippen LogP contribution in [0.3, 0.4) is 0 Å². The molecule has 0 atom stereocenters. The minimum Gasteiger partial charge on any atom is -0.476 e. The number of aromatic carboxylic acids is 1. The van der Waals surface area contributed by atoms with Gasteiger partial charge in [-0.1, -0.05) is 5.21 Å². The largest absolute Gasteiger partial charge is 0.476 e. The molecule has 1 aromatic heterocycles. The highest BCUT2D eigenvalue weighted by molar-refractivity contribution is 5.84. The van der Waals surface area contributed by atoms with Crippen LogP contribution in [0.25, 0.3) is 0 Å². The molecule has 0 spiro atoms. The van der Waals surface area contributed by atoms with Crippen molar-refractivity contribution >= 4 is 12.0 Å². The van der Waals surface area contributed by atoms with Crippen LogP contribution in [0.1, 0.15) is 29.9 Å². The van der Waals surface area contributed by atoms with E-state index in [2.05, 4.69) is 10.3 Å². The molecule has 2 rings (SSSR count). The van der Waals surface area contributed by atoms with Gasteiger partial charge in [0.25, 0.3) is 0 Å². The van der Waals surface area contributed by atoms with E-state index in [0.29, 0.717) is 32.6 Å². The number of rotatable bonds is 6. The van der Waals surface area contributed by atoms with Crippen LogP contribution in [0, 0.1) is 0 Å². The maximum Gasteiger partial charge on any atom is 0.358 e. The van der Waals surface area contributed by atoms with Crippen LogP contribution in [-0.4, -0.2) is 79.8 Å². The lowest BCUT2D eigenvalue weighted by molar-refractivity contribution is 0.0689. The van der Waals surface area contributed by atoms with Gasteiger partial charge >= 0.3 is 12.0 Å². The number of aliphatic hydroxyl groups is 1. The number of carboxylic acids is 1. The molecule has 21 heavy (non-hydrogen) atoms. The van der Waals surface area contributed by atoms with Crippen molar-refractivity contribution in [2.45, 2.75) is 19.4 Å². The van der Waals surface area contributed by atoms with E-state index in [4.69, 9.17) is 10.2 Å². The molecule has 1 aromatic rings. The fourth-order valence-electron chi connectivity index (χ4n) is 2.18. The molecule has 0 saturated carbocycles. The Hall–Kier alpha value is -2.16. The predicted molar refractivity (Wildman–Crippen MR) is 71.9 cm³/mol. The third-order valence-electron chi connectivity index (χ3n) is 3.47. The van der Waals surface area contributed by atoms with E-state index in [1.165, 1.54) is 10.9 Å². The van der Waals surface area contributed by atoms with Crippen LogP contribution in [0.5, 0.6) is 0 Å². The summed E-state index contributed by atoms with van der Waals surface area (Å²) in [6.07, 6.45) is 1.93. The first kappa shape index (κ1) is 15.2. The highest BCUT2D eigenvalue weighted by atomic mass is 16.4. The summed E-state index contributed by atoms with van der Waals surface area (Å²) in [6, 6.07) is -0.105. The standard InChI is InChI=1S/C12H19N5O4/c1-2-15(4-3-5-18)12(21)16-6-9(7-16)17-8-10(11(19)20)13-14-17/h8-9,18H,2-7H2,1H3,(H,19,20). The van der Waals surface area contributed by atoms with E-state index in [1.54, 1.807) is 9.80 Å². The van der Waals surface area contributed by atoms with Gasteiger partial charge in [-0.15, -0.1) is 5.10 Å². The molecular weight excluding hydrogens is 278 g/mol. The normalized spacial score (nSPS) is 14.9. The highest BCUT2D eigenvalue weighted by Gasteiger charge is 2.34. The van der Waals surface area contributed by atoms with E-state index < -0.39 is 5.97 Å². The van der Waals surface area contributed by atoms with E-state index in [0.717, 1.165) is 0 Å². The number of aliphatic hydroxyl groups excluding tert-OH is 1. The van der Waals surface area contributed by atoms with Crippen molar-refractivity contribution in [2.24, 2.45) is 0 Å². The molecule has 1 aliphatic heterocycles. The number of carbonyl (C=O) groups excluding carboxylic acids is 1. The van der Waals surface area contributed by atoms with E-state index >= 15 is 0 Å². The van der Waals surface area contributed by atoms with Gasteiger partial charge in [0.2, 0.25) is 0 Å². The van der Waals surface area contributed by atoms with Gasteiger partial charge in [0, 0.05) is 32.8 Å². The maximum absolute atomic E-state index is 12.2. The number of nitrogens with zero attached hydrogens (tertiary/aromatic N) is 5. The summed E-state index contributed by atoms with van der Waals surface area (Å²) in [4.78, 5) is 26.3. The number of aromatic nitrogens is 3. The maximum atomic E-state index is 12.2. The fraction of sp³-hybridized carbons (Fsp3) is 0.667. The van der Waals surface area contributed by atoms with Crippen molar-refractivity contribution in [3.05, 3.63) is 11.9 Å². The lowest BCUT2D eigenvalue weighted by atomic mass is 10.1. The van der Waals surface area contributed by atoms with E-state index in [9.17, 15) is 9.59 Å². The van der Waals surface area contributed by atoms with E-state index in [1.807, 2.05) is 6.92 Å². The second-order valence-electron chi connectivity index (χ2n) is 4.89. The van der Waals surface area contributed by atoms with Crippen LogP contribution >= 0.6 is 0 Å². The van der Waals surface area contributed by atoms with Crippen molar-refractivity contribution in [3.63, 3.8) is 0 Å². The van der Waals surface area contributed by atoms with Gasteiger partial charge in [-0.2, -0.15) is 0 Å². The second kappa shape index (κ2) is 6.53. The summed E-state index contributed by atoms with van der Waals surface area (Å²) >= 11 is 0. The number of hydrogen-bond acceptors (Lipinski definition) is 5. The van der Waals surface area contributed by atoms with Crippen molar-refractivity contribution in [1.82, 2.24) is 24.8 Å². The summed E-state index contributed by atoms with van der Waals surface area (Å²) in [7, 11) is 0. The van der Waals surface area contributed by atoms with Gasteiger partial charge in [-0.05, 0) is 13.3 Å². The Kier molecular flexibility index (Phi) is 4.73. The number of urea groups is 1. The fourth-order valence-corrected chi connectivity index (χ4v) is 2.18. The molecule has 1 fully saturated rings. The van der Waals surface area contributed by atoms with Crippen LogP contribution < -0.4 is 0 Å². The van der Waals surface area contributed by atoms with Gasteiger partial charge in [-0.3, -0.25) is 0 Å². The first-order valence-corrected chi connectivity index (χ1v) is 6.86. The quantitative estimate of drug-likeness (QED) is 0.742. The molecule has 2 heterocycles. The predicted octanol–water partition coefficient (Wildman–Crippen LogP) is -0.343. The average Bonchev–Trinajstić information content (AvgIpc) is 2.87. The number of hydrogen-bond donors (Lipinski definition) is 2. The molecular formula is C12H19N5O4. The molecule has 0 unspecified atom stereocenters. The zero-order chi connectivity index (χ0) is 15.4. The molecule has 2 amide bonds. The van der Waals surface area contributed by atoms with Crippen LogP contribution in [-0.2, 0) is 0 Å². The molecule has 9 heteroatoms. The number of carboxylic acid groups (broad SMARTS) is 1. The lowest BCUT2D eigenvalue weighted by Crippen LogP contribution is -2.55. The van der Waals surface area contributed by atoms with Crippen molar-refractivity contribution < 1.29 is 19.8 Å². The SMILES string of the molecule is CCN(CCCO)C(=O)N1CC(n2cc(C(=O)O)nn2)C1. The Morgan fingerprint density at radius 2 is 2.19 bits per heavy atom. The molecule has 1 saturated heterocycles. The highest BCUT2D eigenvalue weighted by Crippen LogP contribution is 2.21. The number of carbonyl (C=O) groups is 2. The molecule has 1 aliphatic rings. The second-order valence-corrected chi connectivity index (χ2v) is 4.89. The Morgan fingerprint density at radius 3 is 2.71 bits per heavy atom. The zero-order valence-electron chi connectivity index (χ0n) is 11.8. The molecule has 0 aliphatic carbocycles. The summed E-state index contributed by atoms with van der Waals surface area (Å²) in [6.45, 7) is 4.03. The molecule has 0 bridgehead atoms. The minimum atomic E-state index is -1.12. The van der Waals surface area contributed by atoms with E-state index in [-0.39, 0.29) is 24.4 Å². The van der Waals surface area contributed by atoms with Crippen molar-refractivity contribution in [1.29, 1.82) is 0 Å². The molecule has 9 nitrogen and oxygen atoms in total. The summed E-state index contributed by atoms with van der Waals surface area (Å²) in [5, 5.41) is 24.9. The Bertz CT molecular complexity index is 512. The van der Waals surface area contributed by atoms with Gasteiger partial charge in [0.15, 0.2) is 5.69 Å². The summed E-state index contributed by atoms with van der Waals surface area (Å²) in [5.74, 6) is -1.12. The first-order valence-electron chi connectivity index (χ1n) is 6.86. The van der Waals surface area contributed by atoms with Gasteiger partial charge in [0.05, 0.1) is 12.2 Å². The van der Waals surface area contributed by atoms with Crippen molar-refractivity contribution in [3.8, 4) is 0 Å². The molecule has 2 N–H and O–H groups in total. The molecule has 116 valence electrons. The third kappa shape index (κ3) is 3.30. The zero-order valence-corrected chi connectivity index (χ0v) is 11.8. The lowest BCUT2D eigenvalue weighted by Gasteiger charge is -2.41. The Labute approximate surface area is 121 Å². The first-order chi connectivity index (χ1) is 10.1. The van der Waals surface area contributed by atoms with Crippen LogP contribution in [0.4, 0.5) is 4.79 Å². The molecule has 0 radical (unpaired) electrons. The monoisotopic (exact) mass is 297 g/mol. The third-order valence-corrected chi connectivity index (χ3v) is 3.47. The smallest absolute Gasteiger partial charge is 0.358 e. The van der Waals surface area contributed by atoms with Crippen LogP contribution in [0.15, 0.2) is 6.20 Å². The van der Waals surface area contributed by atoms with Crippen molar-refractivity contribution in [2.75, 3.05) is 32.8 Å². The Morgan fingerprint density at radius 1 is 1.48 bits per heavy atom. The Balaban J connectivity index is 1.87. The summed E-state index contributed by atoms with van der Waals surface area (Å²) in [5.41, 5.74) is -0.0992. The van der Waals surface area contributed by atoms with Gasteiger partial charge < -0.3 is 20.0 Å². The topological polar surface area (TPSA) is 112 Å². The summed E-state index contributed by atoms with van der Waals surface area (Å²) < 4.78 is 1.48. The number of likely N-dealkylation sites (tertiary alicyclic amines) is 1. The number of amides is 2. The van der Waals surface area contributed by atoms with Gasteiger partial charge in [0.1, 0.15) is 0 Å². The molecule has 0 aromatic carbocycles. The van der Waals surface area contributed by atoms with Gasteiger partial charge in [-0.25, -0.2) is 14.3 Å². The minimum absolute atomic E-state index is 0.0360. The van der Waals surface area contributed by atoms with Crippen LogP contribution in [0.2, 0.25) is 0 Å².